The lowest BCUT2D eigenvalue weighted by Gasteiger charge is -2.22. The van der Waals surface area contributed by atoms with Crippen LogP contribution in [0.2, 0.25) is 25.7 Å². The molecule has 0 aromatic heterocycles. The number of carbonyl (C=O) groups is 1. The van der Waals surface area contributed by atoms with Gasteiger partial charge in [0.2, 0.25) is 0 Å². The molecule has 0 aliphatic rings. The predicted octanol–water partition coefficient (Wildman–Crippen LogP) is 3.04. The number of nitrogens with one attached hydrogen (secondary N) is 1. The quantitative estimate of drug-likeness (QED) is 0.425. The molecule has 0 saturated carbocycles. The van der Waals surface area contributed by atoms with Crippen molar-refractivity contribution in [3.05, 3.63) is 6.92 Å². The predicted molar refractivity (Wildman–Crippen MR) is 83.4 cm³/mol. The molecule has 0 aliphatic carbocycles. The third kappa shape index (κ3) is 13.8. The fraction of sp³-hybridized carbons (Fsp3) is 0.857. The van der Waals surface area contributed by atoms with E-state index in [1.54, 1.807) is 0 Å². The summed E-state index contributed by atoms with van der Waals surface area (Å²) in [6, 6.07) is 0.755. The Bertz CT molecular complexity index is 284. The van der Waals surface area contributed by atoms with E-state index in [1.165, 1.54) is 0 Å². The molecule has 0 aliphatic heterocycles. The van der Waals surface area contributed by atoms with Crippen LogP contribution in [0.5, 0.6) is 0 Å². The molecule has 0 unspecified atom stereocenters. The molecule has 0 bridgehead atoms. The molecular weight excluding hydrogens is 274 g/mol. The second-order valence-electron chi connectivity index (χ2n) is 7.05. The Morgan fingerprint density at radius 3 is 2.35 bits per heavy atom. The molecule has 0 heterocycles. The van der Waals surface area contributed by atoms with Gasteiger partial charge in [-0.15, -0.1) is 0 Å². The molecule has 119 valence electrons. The molecule has 0 aromatic carbocycles. The van der Waals surface area contributed by atoms with Gasteiger partial charge in [0.25, 0.3) is 0 Å². The first kappa shape index (κ1) is 19.4. The summed E-state index contributed by atoms with van der Waals surface area (Å²) in [7, 11) is -1.05. The van der Waals surface area contributed by atoms with E-state index in [4.69, 9.17) is 14.2 Å². The van der Waals surface area contributed by atoms with Gasteiger partial charge in [0, 0.05) is 14.7 Å². The summed E-state index contributed by atoms with van der Waals surface area (Å²) in [5.74, 6) is 0. The van der Waals surface area contributed by atoms with Gasteiger partial charge in [-0.3, -0.25) is 0 Å². The van der Waals surface area contributed by atoms with Crippen molar-refractivity contribution in [2.24, 2.45) is 0 Å². The lowest BCUT2D eigenvalue weighted by molar-refractivity contribution is -0.0533. The van der Waals surface area contributed by atoms with E-state index in [1.807, 2.05) is 20.8 Å². The van der Waals surface area contributed by atoms with Crippen LogP contribution >= 0.6 is 0 Å². The second-order valence-corrected chi connectivity index (χ2v) is 12.7. The zero-order valence-corrected chi connectivity index (χ0v) is 14.7. The molecule has 5 nitrogen and oxygen atoms in total. The molecule has 6 heteroatoms. The van der Waals surface area contributed by atoms with E-state index >= 15 is 0 Å². The monoisotopic (exact) mass is 304 g/mol. The lowest BCUT2D eigenvalue weighted by Crippen LogP contribution is -2.40. The van der Waals surface area contributed by atoms with Crippen LogP contribution in [0.15, 0.2) is 0 Å². The van der Waals surface area contributed by atoms with Crippen LogP contribution in [0.3, 0.4) is 0 Å². The fourth-order valence-electron chi connectivity index (χ4n) is 1.20. The van der Waals surface area contributed by atoms with Gasteiger partial charge in [-0.1, -0.05) is 19.6 Å². The van der Waals surface area contributed by atoms with Crippen molar-refractivity contribution >= 4 is 14.2 Å². The minimum Gasteiger partial charge on any atom is -0.444 e. The largest absolute Gasteiger partial charge is 0.444 e. The molecule has 0 aromatic rings. The smallest absolute Gasteiger partial charge is 0.407 e. The van der Waals surface area contributed by atoms with Crippen molar-refractivity contribution in [3.8, 4) is 0 Å². The van der Waals surface area contributed by atoms with Crippen LogP contribution in [-0.2, 0) is 14.2 Å². The summed E-state index contributed by atoms with van der Waals surface area (Å²) in [5, 5.41) is 2.61. The Hall–Kier alpha value is -0.593. The molecule has 0 saturated heterocycles. The number of rotatable bonds is 8. The van der Waals surface area contributed by atoms with Crippen LogP contribution in [0, 0.1) is 6.92 Å². The Balaban J connectivity index is 3.59. The van der Waals surface area contributed by atoms with Crippen LogP contribution in [-0.4, -0.2) is 45.8 Å². The molecule has 1 amide bonds. The number of carbonyl (C=O) groups excluding carboxylic acids is 1. The van der Waals surface area contributed by atoms with Crippen molar-refractivity contribution in [3.63, 3.8) is 0 Å². The number of alkyl carbamates (subject to hydrolysis) is 1. The molecular formula is C14H30NO4Si. The Morgan fingerprint density at radius 2 is 1.85 bits per heavy atom. The van der Waals surface area contributed by atoms with E-state index in [2.05, 4.69) is 31.9 Å². The average Bonchev–Trinajstić information content (AvgIpc) is 2.18. The van der Waals surface area contributed by atoms with Crippen molar-refractivity contribution in [1.82, 2.24) is 5.32 Å². The zero-order chi connectivity index (χ0) is 15.8. The Labute approximate surface area is 124 Å². The topological polar surface area (TPSA) is 56.8 Å². The Kier molecular flexibility index (Phi) is 8.38. The van der Waals surface area contributed by atoms with E-state index in [-0.39, 0.29) is 12.8 Å². The van der Waals surface area contributed by atoms with E-state index in [0.717, 1.165) is 12.7 Å². The summed E-state index contributed by atoms with van der Waals surface area (Å²) in [6.45, 7) is 17.4. The normalized spacial score (nSPS) is 13.9. The standard InChI is InChI=1S/C14H30NO4Si/c1-12(15-13(16)19-14(2,3)4)10-18-11-17-8-9-20(5,6)7/h12H,1,8-11H2,2-7H3,(H,15,16)/t12-/m0/s1. The van der Waals surface area contributed by atoms with Crippen molar-refractivity contribution in [2.75, 3.05) is 20.0 Å². The first-order valence-electron chi connectivity index (χ1n) is 6.98. The molecule has 1 radical (unpaired) electrons. The highest BCUT2D eigenvalue weighted by atomic mass is 28.3. The maximum absolute atomic E-state index is 11.5. The van der Waals surface area contributed by atoms with Gasteiger partial charge in [0.15, 0.2) is 0 Å². The maximum atomic E-state index is 11.5. The van der Waals surface area contributed by atoms with Crippen molar-refractivity contribution in [1.29, 1.82) is 0 Å². The van der Waals surface area contributed by atoms with Crippen LogP contribution < -0.4 is 5.32 Å². The summed E-state index contributed by atoms with van der Waals surface area (Å²) in [5.41, 5.74) is -0.509. The van der Waals surface area contributed by atoms with E-state index in [9.17, 15) is 4.79 Å². The number of amides is 1. The highest BCUT2D eigenvalue weighted by molar-refractivity contribution is 6.76. The van der Waals surface area contributed by atoms with E-state index in [0.29, 0.717) is 6.61 Å². The first-order valence-corrected chi connectivity index (χ1v) is 10.7. The molecule has 1 N–H and O–H groups in total. The highest BCUT2D eigenvalue weighted by Gasteiger charge is 2.17. The van der Waals surface area contributed by atoms with Gasteiger partial charge in [0.05, 0.1) is 12.6 Å². The number of hydrogen-bond donors (Lipinski definition) is 1. The summed E-state index contributed by atoms with van der Waals surface area (Å²) in [4.78, 5) is 11.5. The lowest BCUT2D eigenvalue weighted by atomic mass is 10.2. The van der Waals surface area contributed by atoms with Crippen LogP contribution in [0.4, 0.5) is 4.79 Å². The van der Waals surface area contributed by atoms with Gasteiger partial charge < -0.3 is 19.5 Å². The highest BCUT2D eigenvalue weighted by Crippen LogP contribution is 2.08. The maximum Gasteiger partial charge on any atom is 0.407 e. The van der Waals surface area contributed by atoms with Gasteiger partial charge in [-0.05, 0) is 33.7 Å². The molecule has 20 heavy (non-hydrogen) atoms. The van der Waals surface area contributed by atoms with Crippen molar-refractivity contribution in [2.45, 2.75) is 58.1 Å². The Morgan fingerprint density at radius 1 is 1.25 bits per heavy atom. The molecule has 0 rings (SSSR count). The molecule has 0 spiro atoms. The van der Waals surface area contributed by atoms with Crippen molar-refractivity contribution < 1.29 is 19.0 Å². The number of ether oxygens (including phenoxy) is 3. The van der Waals surface area contributed by atoms with Crippen LogP contribution in [0.1, 0.15) is 20.8 Å². The minimum atomic E-state index is -1.05. The summed E-state index contributed by atoms with van der Waals surface area (Å²) < 4.78 is 15.8. The van der Waals surface area contributed by atoms with Gasteiger partial charge in [-0.2, -0.15) is 0 Å². The van der Waals surface area contributed by atoms with E-state index < -0.39 is 19.8 Å². The third-order valence-electron chi connectivity index (χ3n) is 2.20. The number of hydrogen-bond acceptors (Lipinski definition) is 4. The average molecular weight is 304 g/mol. The summed E-state index contributed by atoms with van der Waals surface area (Å²) >= 11 is 0. The third-order valence-corrected chi connectivity index (χ3v) is 3.91. The molecule has 0 fully saturated rings. The fourth-order valence-corrected chi connectivity index (χ4v) is 1.96. The zero-order valence-electron chi connectivity index (χ0n) is 13.7. The SMILES string of the molecule is [CH2][C@@H](COCOCC[Si](C)(C)C)NC(=O)OC(C)(C)C. The first-order chi connectivity index (χ1) is 8.99. The van der Waals surface area contributed by atoms with Crippen LogP contribution in [0.25, 0.3) is 0 Å². The van der Waals surface area contributed by atoms with Gasteiger partial charge in [0.1, 0.15) is 12.4 Å². The second kappa shape index (κ2) is 8.64. The summed E-state index contributed by atoms with van der Waals surface area (Å²) in [6.07, 6.45) is -0.485. The van der Waals surface area contributed by atoms with Gasteiger partial charge >= 0.3 is 6.09 Å². The van der Waals surface area contributed by atoms with Gasteiger partial charge in [-0.25, -0.2) is 4.79 Å². The molecule has 1 atom stereocenters. The minimum absolute atomic E-state index is 0.229.